The SMILES string of the molecule is COc1cc(OC)c(CCC2(C3CCCC3)CC(=O)C(Cc3nn(C)cc3Cl)C(=O)O2)cc1Cl. The van der Waals surface area contributed by atoms with Crippen LogP contribution in [0.1, 0.15) is 49.8 Å². The van der Waals surface area contributed by atoms with Gasteiger partial charge in [0, 0.05) is 32.2 Å². The number of Topliss-reactive ketones (excluding diaryl/α,β-unsaturated/α-hetero) is 1. The van der Waals surface area contributed by atoms with Crippen molar-refractivity contribution in [3.8, 4) is 11.5 Å². The van der Waals surface area contributed by atoms with Gasteiger partial charge in [-0.3, -0.25) is 14.3 Å². The highest BCUT2D eigenvalue weighted by molar-refractivity contribution is 6.32. The number of hydrogen-bond acceptors (Lipinski definition) is 6. The van der Waals surface area contributed by atoms with E-state index in [2.05, 4.69) is 5.10 Å². The van der Waals surface area contributed by atoms with E-state index in [0.29, 0.717) is 40.1 Å². The van der Waals surface area contributed by atoms with E-state index in [4.69, 9.17) is 37.4 Å². The Hall–Kier alpha value is -2.25. The summed E-state index contributed by atoms with van der Waals surface area (Å²) >= 11 is 12.6. The normalized spacial score (nSPS) is 23.3. The molecule has 7 nitrogen and oxygen atoms in total. The van der Waals surface area contributed by atoms with E-state index in [9.17, 15) is 9.59 Å². The summed E-state index contributed by atoms with van der Waals surface area (Å²) in [6.07, 6.45) is 7.11. The lowest BCUT2D eigenvalue weighted by atomic mass is 9.73. The third-order valence-corrected chi connectivity index (χ3v) is 7.78. The minimum absolute atomic E-state index is 0.107. The van der Waals surface area contributed by atoms with Crippen molar-refractivity contribution in [3.63, 3.8) is 0 Å². The van der Waals surface area contributed by atoms with Crippen molar-refractivity contribution < 1.29 is 23.8 Å². The summed E-state index contributed by atoms with van der Waals surface area (Å²) in [5.74, 6) is -0.136. The second-order valence-electron chi connectivity index (χ2n) is 9.26. The number of aromatic nitrogens is 2. The molecular weight excluding hydrogens is 479 g/mol. The second-order valence-corrected chi connectivity index (χ2v) is 10.1. The molecule has 2 heterocycles. The van der Waals surface area contributed by atoms with Crippen LogP contribution in [0.15, 0.2) is 18.3 Å². The number of cyclic esters (lactones) is 1. The summed E-state index contributed by atoms with van der Waals surface area (Å²) < 4.78 is 18.6. The minimum atomic E-state index is -0.883. The zero-order chi connectivity index (χ0) is 24.5. The monoisotopic (exact) mass is 508 g/mol. The first kappa shape index (κ1) is 24.9. The van der Waals surface area contributed by atoms with Gasteiger partial charge < -0.3 is 14.2 Å². The van der Waals surface area contributed by atoms with E-state index in [-0.39, 0.29) is 24.5 Å². The van der Waals surface area contributed by atoms with E-state index in [1.807, 2.05) is 6.07 Å². The standard InChI is InChI=1S/C25H30Cl2N2O5/c1-29-14-19(27)20(28-29)11-17-21(30)13-25(34-24(17)31,16-6-4-5-7-16)9-8-15-10-18(26)23(33-3)12-22(15)32-2/h10,12,14,16-17H,4-9,11,13H2,1-3H3. The number of hydrogen-bond donors (Lipinski definition) is 0. The number of ether oxygens (including phenoxy) is 3. The highest BCUT2D eigenvalue weighted by Crippen LogP contribution is 2.46. The van der Waals surface area contributed by atoms with Gasteiger partial charge >= 0.3 is 5.97 Å². The topological polar surface area (TPSA) is 79.7 Å². The molecule has 1 aromatic heterocycles. The van der Waals surface area contributed by atoms with Gasteiger partial charge in [-0.15, -0.1) is 0 Å². The number of esters is 1. The first-order valence-electron chi connectivity index (χ1n) is 11.6. The minimum Gasteiger partial charge on any atom is -0.496 e. The van der Waals surface area contributed by atoms with Crippen LogP contribution in [0.3, 0.4) is 0 Å². The molecule has 4 rings (SSSR count). The molecule has 34 heavy (non-hydrogen) atoms. The first-order chi connectivity index (χ1) is 16.3. The van der Waals surface area contributed by atoms with E-state index < -0.39 is 17.5 Å². The summed E-state index contributed by atoms with van der Waals surface area (Å²) in [4.78, 5) is 26.5. The number of methoxy groups -OCH3 is 2. The Kier molecular flexibility index (Phi) is 7.43. The van der Waals surface area contributed by atoms with Gasteiger partial charge in [-0.25, -0.2) is 0 Å². The molecule has 1 aliphatic heterocycles. The lowest BCUT2D eigenvalue weighted by Crippen LogP contribution is -2.52. The molecule has 0 N–H and O–H groups in total. The Bertz CT molecular complexity index is 1060. The van der Waals surface area contributed by atoms with Crippen molar-refractivity contribution in [2.45, 2.75) is 57.0 Å². The molecule has 9 heteroatoms. The number of benzene rings is 1. The predicted molar refractivity (Wildman–Crippen MR) is 129 cm³/mol. The second kappa shape index (κ2) is 10.2. The van der Waals surface area contributed by atoms with Gasteiger partial charge in [-0.1, -0.05) is 36.0 Å². The fourth-order valence-corrected chi connectivity index (χ4v) is 5.90. The Balaban J connectivity index is 1.57. The summed E-state index contributed by atoms with van der Waals surface area (Å²) in [6, 6.07) is 3.57. The van der Waals surface area contributed by atoms with Crippen LogP contribution in [0.5, 0.6) is 11.5 Å². The molecule has 0 spiro atoms. The largest absolute Gasteiger partial charge is 0.496 e. The summed E-state index contributed by atoms with van der Waals surface area (Å²) in [6.45, 7) is 0. The fraction of sp³-hybridized carbons (Fsp3) is 0.560. The molecule has 0 radical (unpaired) electrons. The fourth-order valence-electron chi connectivity index (χ4n) is 5.38. The molecule has 184 valence electrons. The molecule has 0 amide bonds. The smallest absolute Gasteiger partial charge is 0.317 e. The maximum Gasteiger partial charge on any atom is 0.317 e. The molecule has 2 aliphatic rings. The van der Waals surface area contributed by atoms with Crippen LogP contribution in [-0.4, -0.2) is 41.4 Å². The van der Waals surface area contributed by atoms with Gasteiger partial charge in [-0.2, -0.15) is 5.10 Å². The Morgan fingerprint density at radius 1 is 1.12 bits per heavy atom. The quantitative estimate of drug-likeness (QED) is 0.369. The summed E-state index contributed by atoms with van der Waals surface area (Å²) in [5.41, 5.74) is 0.592. The van der Waals surface area contributed by atoms with Crippen LogP contribution >= 0.6 is 23.2 Å². The lowest BCUT2D eigenvalue weighted by Gasteiger charge is -2.43. The molecule has 1 aromatic carbocycles. The molecule has 1 aliphatic carbocycles. The van der Waals surface area contributed by atoms with Crippen molar-refractivity contribution in [1.82, 2.24) is 9.78 Å². The van der Waals surface area contributed by atoms with Crippen LogP contribution in [-0.2, 0) is 34.2 Å². The van der Waals surface area contributed by atoms with Gasteiger partial charge in [0.2, 0.25) is 0 Å². The van der Waals surface area contributed by atoms with Gasteiger partial charge in [0.15, 0.2) is 5.78 Å². The van der Waals surface area contributed by atoms with Crippen LogP contribution < -0.4 is 9.47 Å². The van der Waals surface area contributed by atoms with Crippen molar-refractivity contribution in [2.75, 3.05) is 14.2 Å². The number of halogens is 2. The van der Waals surface area contributed by atoms with Crippen molar-refractivity contribution in [3.05, 3.63) is 39.6 Å². The zero-order valence-corrected chi connectivity index (χ0v) is 21.2. The number of rotatable bonds is 8. The average Bonchev–Trinajstić information content (AvgIpc) is 3.45. The van der Waals surface area contributed by atoms with E-state index in [1.54, 1.807) is 38.2 Å². The van der Waals surface area contributed by atoms with Crippen molar-refractivity contribution >= 4 is 35.0 Å². The van der Waals surface area contributed by atoms with Crippen molar-refractivity contribution in [2.24, 2.45) is 18.9 Å². The number of carbonyl (C=O) groups is 2. The van der Waals surface area contributed by atoms with Gasteiger partial charge in [-0.05, 0) is 43.2 Å². The summed E-state index contributed by atoms with van der Waals surface area (Å²) in [5, 5.41) is 5.22. The number of nitrogens with zero attached hydrogens (tertiary/aromatic N) is 2. The van der Waals surface area contributed by atoms with Crippen LogP contribution in [0.2, 0.25) is 10.0 Å². The maximum absolute atomic E-state index is 13.3. The zero-order valence-electron chi connectivity index (χ0n) is 19.7. The number of aryl methyl sites for hydroxylation is 2. The third kappa shape index (κ3) is 4.91. The molecule has 2 unspecified atom stereocenters. The van der Waals surface area contributed by atoms with E-state index in [0.717, 1.165) is 31.2 Å². The third-order valence-electron chi connectivity index (χ3n) is 7.17. The van der Waals surface area contributed by atoms with Crippen molar-refractivity contribution in [1.29, 1.82) is 0 Å². The van der Waals surface area contributed by atoms with Gasteiger partial charge in [0.25, 0.3) is 0 Å². The molecule has 0 bridgehead atoms. The Labute approximate surface area is 209 Å². The van der Waals surface area contributed by atoms with Crippen LogP contribution in [0.25, 0.3) is 0 Å². The first-order valence-corrected chi connectivity index (χ1v) is 12.4. The van der Waals surface area contributed by atoms with Gasteiger partial charge in [0.05, 0.1) is 30.0 Å². The molecule has 2 fully saturated rings. The van der Waals surface area contributed by atoms with Gasteiger partial charge in [0.1, 0.15) is 23.0 Å². The lowest BCUT2D eigenvalue weighted by molar-refractivity contribution is -0.185. The van der Waals surface area contributed by atoms with Crippen LogP contribution in [0, 0.1) is 11.8 Å². The predicted octanol–water partition coefficient (Wildman–Crippen LogP) is 4.98. The molecule has 2 aromatic rings. The molecule has 1 saturated carbocycles. The van der Waals surface area contributed by atoms with E-state index >= 15 is 0 Å². The maximum atomic E-state index is 13.3. The Morgan fingerprint density at radius 2 is 1.82 bits per heavy atom. The molecule has 1 saturated heterocycles. The number of ketones is 1. The Morgan fingerprint density at radius 3 is 2.41 bits per heavy atom. The summed E-state index contributed by atoms with van der Waals surface area (Å²) in [7, 11) is 4.90. The highest BCUT2D eigenvalue weighted by atomic mass is 35.5. The molecule has 2 atom stereocenters. The van der Waals surface area contributed by atoms with Crippen LogP contribution in [0.4, 0.5) is 0 Å². The average molecular weight is 509 g/mol. The van der Waals surface area contributed by atoms with E-state index in [1.165, 1.54) is 0 Å². The highest BCUT2D eigenvalue weighted by Gasteiger charge is 2.51. The number of carbonyl (C=O) groups excluding carboxylic acids is 2. The molecular formula is C25H30Cl2N2O5.